The second kappa shape index (κ2) is 9.94. The summed E-state index contributed by atoms with van der Waals surface area (Å²) in [6, 6.07) is 7.38. The van der Waals surface area contributed by atoms with Crippen LogP contribution in [-0.2, 0) is 14.8 Å². The van der Waals surface area contributed by atoms with Crippen molar-refractivity contribution in [3.63, 3.8) is 0 Å². The summed E-state index contributed by atoms with van der Waals surface area (Å²) in [6.45, 7) is 0. The van der Waals surface area contributed by atoms with Crippen molar-refractivity contribution in [2.45, 2.75) is 49.5 Å². The molecule has 0 unspecified atom stereocenters. The number of rotatable bonds is 9. The minimum atomic E-state index is -3.70. The van der Waals surface area contributed by atoms with Crippen LogP contribution in [0.25, 0.3) is 0 Å². The number of sulfonamides is 1. The average molecular weight is 385 g/mol. The Labute approximate surface area is 153 Å². The molecule has 1 atom stereocenters. The van der Waals surface area contributed by atoms with Crippen LogP contribution in [0.15, 0.2) is 39.6 Å². The van der Waals surface area contributed by atoms with Crippen LogP contribution in [0.5, 0.6) is 0 Å². The van der Waals surface area contributed by atoms with Crippen molar-refractivity contribution in [1.29, 1.82) is 0 Å². The van der Waals surface area contributed by atoms with E-state index in [9.17, 15) is 18.3 Å². The lowest BCUT2D eigenvalue weighted by Gasteiger charge is -2.24. The summed E-state index contributed by atoms with van der Waals surface area (Å²) in [4.78, 5) is 11.5. The zero-order valence-electron chi connectivity index (χ0n) is 14.0. The maximum absolute atomic E-state index is 12.0. The molecular weight excluding hydrogens is 360 g/mol. The second-order valence-electron chi connectivity index (χ2n) is 6.14. The van der Waals surface area contributed by atoms with Gasteiger partial charge in [-0.2, -0.15) is 12.8 Å². The van der Waals surface area contributed by atoms with Crippen molar-refractivity contribution in [2.24, 2.45) is 10.3 Å². The van der Waals surface area contributed by atoms with Crippen molar-refractivity contribution in [3.8, 4) is 0 Å². The molecule has 0 aliphatic heterocycles. The summed E-state index contributed by atoms with van der Waals surface area (Å²) in [6.07, 6.45) is 6.40. The Kier molecular flexibility index (Phi) is 7.92. The van der Waals surface area contributed by atoms with Crippen LogP contribution < -0.4 is 5.32 Å². The summed E-state index contributed by atoms with van der Waals surface area (Å²) in [5, 5.41) is 12.3. The van der Waals surface area contributed by atoms with Crippen LogP contribution in [0.1, 0.15) is 38.5 Å². The zero-order chi connectivity index (χ0) is 18.1. The molecule has 8 heteroatoms. The van der Waals surface area contributed by atoms with Crippen LogP contribution in [0.4, 0.5) is 0 Å². The van der Waals surface area contributed by atoms with Crippen molar-refractivity contribution in [1.82, 2.24) is 5.32 Å². The van der Waals surface area contributed by atoms with Crippen LogP contribution in [-0.4, -0.2) is 37.0 Å². The third kappa shape index (κ3) is 6.80. The van der Waals surface area contributed by atoms with E-state index < -0.39 is 22.0 Å². The SMILES string of the molecule is O=C(O)[C@H](CC1CCCCC1)NCSC=NS(=O)(=O)c1ccccc1. The highest BCUT2D eigenvalue weighted by Crippen LogP contribution is 2.27. The van der Waals surface area contributed by atoms with Gasteiger partial charge in [-0.3, -0.25) is 10.1 Å². The van der Waals surface area contributed by atoms with E-state index in [0.29, 0.717) is 18.2 Å². The van der Waals surface area contributed by atoms with Gasteiger partial charge in [0, 0.05) is 5.88 Å². The van der Waals surface area contributed by atoms with Gasteiger partial charge in [0.05, 0.1) is 10.4 Å². The van der Waals surface area contributed by atoms with Crippen LogP contribution >= 0.6 is 11.8 Å². The van der Waals surface area contributed by atoms with Crippen LogP contribution in [0, 0.1) is 5.92 Å². The summed E-state index contributed by atoms with van der Waals surface area (Å²) >= 11 is 1.14. The fourth-order valence-electron chi connectivity index (χ4n) is 2.95. The fourth-order valence-corrected chi connectivity index (χ4v) is 4.65. The number of hydrogen-bond donors (Lipinski definition) is 2. The van der Waals surface area contributed by atoms with E-state index in [4.69, 9.17) is 0 Å². The van der Waals surface area contributed by atoms with Gasteiger partial charge >= 0.3 is 5.97 Å². The molecule has 1 fully saturated rings. The molecule has 1 aromatic carbocycles. The van der Waals surface area contributed by atoms with Gasteiger partial charge < -0.3 is 5.11 Å². The highest BCUT2D eigenvalue weighted by molar-refractivity contribution is 8.12. The number of thioether (sulfide) groups is 1. The van der Waals surface area contributed by atoms with Crippen molar-refractivity contribution >= 4 is 33.3 Å². The molecule has 1 saturated carbocycles. The van der Waals surface area contributed by atoms with Crippen LogP contribution in [0.3, 0.4) is 0 Å². The Balaban J connectivity index is 1.78. The Morgan fingerprint density at radius 2 is 1.96 bits per heavy atom. The number of benzene rings is 1. The first-order chi connectivity index (χ1) is 12.0. The first-order valence-corrected chi connectivity index (χ1v) is 10.9. The molecule has 1 aliphatic rings. The van der Waals surface area contributed by atoms with Gasteiger partial charge in [0.15, 0.2) is 0 Å². The predicted octanol–water partition coefficient (Wildman–Crippen LogP) is 3.11. The monoisotopic (exact) mass is 384 g/mol. The van der Waals surface area contributed by atoms with E-state index in [2.05, 4.69) is 9.71 Å². The third-order valence-electron chi connectivity index (χ3n) is 4.30. The van der Waals surface area contributed by atoms with E-state index in [0.717, 1.165) is 24.6 Å². The number of carboxylic acids is 1. The molecule has 138 valence electrons. The largest absolute Gasteiger partial charge is 0.480 e. The average Bonchev–Trinajstić information content (AvgIpc) is 2.62. The molecule has 6 nitrogen and oxygen atoms in total. The first kappa shape index (κ1) is 19.9. The van der Waals surface area contributed by atoms with Gasteiger partial charge in [-0.1, -0.05) is 62.1 Å². The first-order valence-electron chi connectivity index (χ1n) is 8.40. The van der Waals surface area contributed by atoms with Gasteiger partial charge in [-0.25, -0.2) is 0 Å². The third-order valence-corrected chi connectivity index (χ3v) is 6.27. The molecule has 0 aromatic heterocycles. The zero-order valence-corrected chi connectivity index (χ0v) is 15.6. The second-order valence-corrected chi connectivity index (χ2v) is 8.61. The quantitative estimate of drug-likeness (QED) is 0.294. The summed E-state index contributed by atoms with van der Waals surface area (Å²) < 4.78 is 27.6. The van der Waals surface area contributed by atoms with Gasteiger partial charge in [0.25, 0.3) is 10.0 Å². The minimum Gasteiger partial charge on any atom is -0.480 e. The Hall–Kier alpha value is -1.38. The summed E-state index contributed by atoms with van der Waals surface area (Å²) in [5.74, 6) is -0.100. The minimum absolute atomic E-state index is 0.139. The molecule has 0 spiro atoms. The van der Waals surface area contributed by atoms with Gasteiger partial charge in [-0.05, 0) is 24.5 Å². The smallest absolute Gasteiger partial charge is 0.320 e. The lowest BCUT2D eigenvalue weighted by Crippen LogP contribution is -2.38. The molecule has 0 radical (unpaired) electrons. The van der Waals surface area contributed by atoms with E-state index in [1.165, 1.54) is 36.9 Å². The lowest BCUT2D eigenvalue weighted by atomic mass is 9.85. The Morgan fingerprint density at radius 1 is 1.28 bits per heavy atom. The molecule has 1 aliphatic carbocycles. The van der Waals surface area contributed by atoms with E-state index >= 15 is 0 Å². The predicted molar refractivity (Wildman–Crippen MR) is 100 cm³/mol. The van der Waals surface area contributed by atoms with Crippen molar-refractivity contribution in [3.05, 3.63) is 30.3 Å². The Morgan fingerprint density at radius 3 is 2.60 bits per heavy atom. The molecule has 0 saturated heterocycles. The van der Waals surface area contributed by atoms with Gasteiger partial charge in [-0.15, -0.1) is 0 Å². The number of carbonyl (C=O) groups is 1. The fraction of sp³-hybridized carbons (Fsp3) is 0.529. The molecule has 25 heavy (non-hydrogen) atoms. The lowest BCUT2D eigenvalue weighted by molar-refractivity contribution is -0.139. The molecular formula is C17H24N2O4S2. The number of nitrogens with zero attached hydrogens (tertiary/aromatic N) is 1. The molecule has 1 aromatic rings. The van der Waals surface area contributed by atoms with E-state index in [1.54, 1.807) is 18.2 Å². The number of hydrogen-bond acceptors (Lipinski definition) is 5. The van der Waals surface area contributed by atoms with E-state index in [1.807, 2.05) is 0 Å². The molecule has 0 bridgehead atoms. The molecule has 2 N–H and O–H groups in total. The van der Waals surface area contributed by atoms with Crippen molar-refractivity contribution < 1.29 is 18.3 Å². The highest BCUT2D eigenvalue weighted by atomic mass is 32.2. The molecule has 0 heterocycles. The number of aliphatic carboxylic acids is 1. The number of carboxylic acid groups (broad SMARTS) is 1. The normalized spacial score (nSPS) is 17.6. The highest BCUT2D eigenvalue weighted by Gasteiger charge is 2.23. The van der Waals surface area contributed by atoms with E-state index in [-0.39, 0.29) is 4.90 Å². The van der Waals surface area contributed by atoms with Gasteiger partial charge in [0.2, 0.25) is 0 Å². The maximum Gasteiger partial charge on any atom is 0.320 e. The summed E-state index contributed by atoms with van der Waals surface area (Å²) in [7, 11) is -3.70. The summed E-state index contributed by atoms with van der Waals surface area (Å²) in [5.41, 5.74) is 1.24. The topological polar surface area (TPSA) is 95.8 Å². The van der Waals surface area contributed by atoms with Crippen LogP contribution in [0.2, 0.25) is 0 Å². The Bertz CT molecular complexity index is 671. The van der Waals surface area contributed by atoms with Gasteiger partial charge in [0.1, 0.15) is 6.04 Å². The molecule has 2 rings (SSSR count). The number of nitrogens with one attached hydrogen (secondary N) is 1. The standard InChI is InChI=1S/C17H24N2O4S2/c20-17(21)16(11-14-7-3-1-4-8-14)18-12-24-13-19-25(22,23)15-9-5-2-6-10-15/h2,5-6,9-10,13-14,16,18H,1,3-4,7-8,11-12H2,(H,20,21)/t16-/m0/s1. The van der Waals surface area contributed by atoms with Crippen molar-refractivity contribution in [2.75, 3.05) is 5.88 Å². The molecule has 0 amide bonds. The maximum atomic E-state index is 12.0.